The van der Waals surface area contributed by atoms with Crippen LogP contribution in [0.2, 0.25) is 0 Å². The van der Waals surface area contributed by atoms with Crippen LogP contribution in [-0.4, -0.2) is 45.9 Å². The summed E-state index contributed by atoms with van der Waals surface area (Å²) < 4.78 is 78.5. The van der Waals surface area contributed by atoms with Crippen molar-refractivity contribution in [2.24, 2.45) is 5.41 Å². The first-order valence-electron chi connectivity index (χ1n) is 9.97. The van der Waals surface area contributed by atoms with E-state index < -0.39 is 31.4 Å². The molecular formula is C22H28O8S2. The summed E-state index contributed by atoms with van der Waals surface area (Å²) in [6.45, 7) is 3.63. The molecule has 32 heavy (non-hydrogen) atoms. The summed E-state index contributed by atoms with van der Waals surface area (Å²) in [5, 5.41) is 0. The van der Waals surface area contributed by atoms with Crippen LogP contribution in [0.25, 0.3) is 0 Å². The molecule has 1 saturated carbocycles. The largest absolute Gasteiger partial charge is 0.353 e. The Balaban J connectivity index is 2.11. The first-order valence-corrected chi connectivity index (χ1v) is 12.8. The smallest absolute Gasteiger partial charge is 0.294 e. The van der Waals surface area contributed by atoms with Crippen molar-refractivity contribution in [1.29, 1.82) is 0 Å². The number of methoxy groups -OCH3 is 2. The highest BCUT2D eigenvalue weighted by atomic mass is 32.2. The van der Waals surface area contributed by atoms with Crippen LogP contribution in [0.4, 0.5) is 0 Å². The van der Waals surface area contributed by atoms with Gasteiger partial charge in [-0.05, 0) is 55.4 Å². The lowest BCUT2D eigenvalue weighted by atomic mass is 9.58. The molecule has 2 aromatic rings. The molecule has 0 atom stereocenters. The van der Waals surface area contributed by atoms with Crippen molar-refractivity contribution in [3.05, 3.63) is 58.7 Å². The first-order chi connectivity index (χ1) is 14.7. The fourth-order valence-electron chi connectivity index (χ4n) is 4.78. The normalized spacial score (nSPS) is 17.7. The van der Waals surface area contributed by atoms with E-state index in [0.29, 0.717) is 24.0 Å². The Morgan fingerprint density at radius 2 is 1.16 bits per heavy atom. The molecule has 1 aliphatic rings. The van der Waals surface area contributed by atoms with Crippen LogP contribution in [0, 0.1) is 19.3 Å². The highest BCUT2D eigenvalue weighted by molar-refractivity contribution is 7.86. The average Bonchev–Trinajstić information content (AvgIpc) is 2.63. The first kappa shape index (κ1) is 24.8. The van der Waals surface area contributed by atoms with E-state index in [9.17, 15) is 25.9 Å². The minimum Gasteiger partial charge on any atom is -0.353 e. The van der Waals surface area contributed by atoms with Gasteiger partial charge in [0, 0.05) is 27.1 Å². The quantitative estimate of drug-likeness (QED) is 0.431. The molecule has 3 rings (SSSR count). The van der Waals surface area contributed by atoms with Crippen LogP contribution in [0.3, 0.4) is 0 Å². The van der Waals surface area contributed by atoms with E-state index in [2.05, 4.69) is 0 Å². The lowest BCUT2D eigenvalue weighted by Gasteiger charge is -2.55. The average molecular weight is 485 g/mol. The van der Waals surface area contributed by atoms with Gasteiger partial charge in [-0.2, -0.15) is 16.8 Å². The molecule has 0 spiro atoms. The minimum absolute atomic E-state index is 0.186. The van der Waals surface area contributed by atoms with Gasteiger partial charge in [0.1, 0.15) is 0 Å². The van der Waals surface area contributed by atoms with Crippen LogP contribution in [0.15, 0.2) is 46.2 Å². The van der Waals surface area contributed by atoms with Crippen LogP contribution in [0.1, 0.15) is 35.1 Å². The third-order valence-corrected chi connectivity index (χ3v) is 8.06. The lowest BCUT2D eigenvalue weighted by molar-refractivity contribution is -0.297. The summed E-state index contributed by atoms with van der Waals surface area (Å²) in [6.07, 6.45) is 1.20. The third-order valence-electron chi connectivity index (χ3n) is 6.15. The lowest BCUT2D eigenvalue weighted by Crippen LogP contribution is -2.56. The van der Waals surface area contributed by atoms with Gasteiger partial charge in [-0.3, -0.25) is 9.11 Å². The number of aryl methyl sites for hydroxylation is 2. The molecule has 2 aromatic carbocycles. The second-order valence-corrected chi connectivity index (χ2v) is 11.5. The van der Waals surface area contributed by atoms with E-state index in [0.717, 1.165) is 11.1 Å². The Hall–Kier alpha value is -1.82. The number of hydrogen-bond acceptors (Lipinski definition) is 6. The molecule has 0 aromatic heterocycles. The maximum absolute atomic E-state index is 12.0. The van der Waals surface area contributed by atoms with Gasteiger partial charge in [0.05, 0.1) is 9.79 Å². The van der Waals surface area contributed by atoms with Gasteiger partial charge < -0.3 is 9.47 Å². The zero-order chi connectivity index (χ0) is 23.9. The van der Waals surface area contributed by atoms with Crippen LogP contribution in [-0.2, 0) is 42.6 Å². The SMILES string of the molecule is COC1(OC)CC(Cc2cc(C)ccc2S(=O)(=O)O)(Cc2cc(C)ccc2S(=O)(=O)O)C1. The highest BCUT2D eigenvalue weighted by Crippen LogP contribution is 2.55. The molecule has 0 radical (unpaired) electrons. The summed E-state index contributed by atoms with van der Waals surface area (Å²) in [4.78, 5) is -0.372. The second-order valence-electron chi connectivity index (χ2n) is 8.70. The van der Waals surface area contributed by atoms with E-state index in [1.807, 2.05) is 13.8 Å². The molecular weight excluding hydrogens is 456 g/mol. The monoisotopic (exact) mass is 484 g/mol. The Morgan fingerprint density at radius 1 is 0.781 bits per heavy atom. The van der Waals surface area contributed by atoms with Crippen molar-refractivity contribution >= 4 is 20.2 Å². The van der Waals surface area contributed by atoms with Crippen LogP contribution >= 0.6 is 0 Å². The number of ether oxygens (including phenoxy) is 2. The van der Waals surface area contributed by atoms with E-state index >= 15 is 0 Å². The van der Waals surface area contributed by atoms with Gasteiger partial charge in [0.25, 0.3) is 20.2 Å². The van der Waals surface area contributed by atoms with E-state index in [1.54, 1.807) is 24.3 Å². The molecule has 0 aliphatic heterocycles. The maximum Gasteiger partial charge on any atom is 0.294 e. The predicted molar refractivity (Wildman–Crippen MR) is 118 cm³/mol. The van der Waals surface area contributed by atoms with Gasteiger partial charge in [0.2, 0.25) is 0 Å². The fourth-order valence-corrected chi connectivity index (χ4v) is 6.18. The summed E-state index contributed by atoms with van der Waals surface area (Å²) >= 11 is 0. The second kappa shape index (κ2) is 8.51. The summed E-state index contributed by atoms with van der Waals surface area (Å²) in [6, 6.07) is 9.33. The molecule has 176 valence electrons. The molecule has 0 amide bonds. The Bertz CT molecular complexity index is 1140. The molecule has 10 heteroatoms. The molecule has 0 heterocycles. The van der Waals surface area contributed by atoms with Gasteiger partial charge in [-0.15, -0.1) is 0 Å². The van der Waals surface area contributed by atoms with Crippen molar-refractivity contribution in [1.82, 2.24) is 0 Å². The third kappa shape index (κ3) is 5.05. The van der Waals surface area contributed by atoms with Gasteiger partial charge >= 0.3 is 0 Å². The highest BCUT2D eigenvalue weighted by Gasteiger charge is 2.56. The Kier molecular flexibility index (Phi) is 6.60. The molecule has 0 bridgehead atoms. The summed E-state index contributed by atoms with van der Waals surface area (Å²) in [5.41, 5.74) is 1.86. The van der Waals surface area contributed by atoms with Crippen molar-refractivity contribution < 1.29 is 35.4 Å². The standard InChI is InChI=1S/C22H28O8S2/c1-15-5-7-19(31(23,24)25)17(9-15)11-21(13-22(14-21,29-3)30-4)12-18-10-16(2)6-8-20(18)32(26,27)28/h5-10H,11-14H2,1-4H3,(H,23,24,25)(H,26,27,28). The summed E-state index contributed by atoms with van der Waals surface area (Å²) in [5.74, 6) is -0.885. The molecule has 1 fully saturated rings. The summed E-state index contributed by atoms with van der Waals surface area (Å²) in [7, 11) is -5.88. The van der Waals surface area contributed by atoms with Gasteiger partial charge in [0.15, 0.2) is 5.79 Å². The Labute approximate surface area is 189 Å². The molecule has 2 N–H and O–H groups in total. The van der Waals surface area contributed by atoms with Crippen molar-refractivity contribution in [3.8, 4) is 0 Å². The molecule has 8 nitrogen and oxygen atoms in total. The van der Waals surface area contributed by atoms with Crippen LogP contribution < -0.4 is 0 Å². The van der Waals surface area contributed by atoms with E-state index in [1.165, 1.54) is 26.4 Å². The minimum atomic E-state index is -4.46. The maximum atomic E-state index is 12.0. The van der Waals surface area contributed by atoms with Gasteiger partial charge in [-0.1, -0.05) is 35.4 Å². The number of benzene rings is 2. The van der Waals surface area contributed by atoms with Crippen LogP contribution in [0.5, 0.6) is 0 Å². The van der Waals surface area contributed by atoms with Crippen molar-refractivity contribution in [2.45, 2.75) is 55.1 Å². The van der Waals surface area contributed by atoms with E-state index in [-0.39, 0.29) is 22.6 Å². The topological polar surface area (TPSA) is 127 Å². The zero-order valence-corrected chi connectivity index (χ0v) is 20.1. The molecule has 1 aliphatic carbocycles. The molecule has 0 saturated heterocycles. The predicted octanol–water partition coefficient (Wildman–Crippen LogP) is 3.35. The molecule has 0 unspecified atom stereocenters. The number of hydrogen-bond donors (Lipinski definition) is 2. The zero-order valence-electron chi connectivity index (χ0n) is 18.5. The van der Waals surface area contributed by atoms with Crippen molar-refractivity contribution in [2.75, 3.05) is 14.2 Å². The Morgan fingerprint density at radius 3 is 1.47 bits per heavy atom. The number of rotatable bonds is 8. The van der Waals surface area contributed by atoms with E-state index in [4.69, 9.17) is 9.47 Å². The fraction of sp³-hybridized carbons (Fsp3) is 0.455. The van der Waals surface area contributed by atoms with Crippen molar-refractivity contribution in [3.63, 3.8) is 0 Å². The van der Waals surface area contributed by atoms with Gasteiger partial charge in [-0.25, -0.2) is 0 Å².